The van der Waals surface area contributed by atoms with Gasteiger partial charge in [-0.15, -0.1) is 0 Å². The summed E-state index contributed by atoms with van der Waals surface area (Å²) in [6.07, 6.45) is 5.45. The minimum atomic E-state index is 0.0594. The van der Waals surface area contributed by atoms with Gasteiger partial charge in [-0.05, 0) is 25.0 Å². The highest BCUT2D eigenvalue weighted by atomic mass is 16.2. The van der Waals surface area contributed by atoms with Gasteiger partial charge in [-0.3, -0.25) is 4.98 Å². The van der Waals surface area contributed by atoms with E-state index in [0.29, 0.717) is 5.65 Å². The molecule has 1 atom stereocenters. The standard InChI is InChI=1S/C15H18N6O/c22-15-18-7-9-21(15)11-2-1-8-20(10-11)13-4-3-12-14(19-13)17-6-5-16-12/h3-6,11H,1-2,7-10H2,(H,18,22). The number of fused-ring (bicyclic) bond motifs is 1. The van der Waals surface area contributed by atoms with Crippen LogP contribution < -0.4 is 10.2 Å². The Morgan fingerprint density at radius 3 is 2.95 bits per heavy atom. The molecule has 2 aliphatic rings. The minimum Gasteiger partial charge on any atom is -0.354 e. The molecule has 7 heteroatoms. The van der Waals surface area contributed by atoms with Crippen molar-refractivity contribution in [1.82, 2.24) is 25.2 Å². The molecule has 2 saturated heterocycles. The molecule has 1 N–H and O–H groups in total. The number of hydrogen-bond donors (Lipinski definition) is 1. The summed E-state index contributed by atoms with van der Waals surface area (Å²) in [6.45, 7) is 3.34. The zero-order chi connectivity index (χ0) is 14.9. The van der Waals surface area contributed by atoms with E-state index in [4.69, 9.17) is 0 Å². The summed E-state index contributed by atoms with van der Waals surface area (Å²) in [7, 11) is 0. The average molecular weight is 298 g/mol. The lowest BCUT2D eigenvalue weighted by molar-refractivity contribution is 0.189. The summed E-state index contributed by atoms with van der Waals surface area (Å²) >= 11 is 0. The first-order chi connectivity index (χ1) is 10.8. The van der Waals surface area contributed by atoms with Gasteiger partial charge in [0.2, 0.25) is 0 Å². The third-order valence-electron chi connectivity index (χ3n) is 4.37. The Kier molecular flexibility index (Phi) is 3.25. The topological polar surface area (TPSA) is 74.2 Å². The molecule has 4 heterocycles. The molecule has 2 aromatic heterocycles. The molecule has 22 heavy (non-hydrogen) atoms. The molecule has 2 aromatic rings. The summed E-state index contributed by atoms with van der Waals surface area (Å²) < 4.78 is 0. The van der Waals surface area contributed by atoms with E-state index in [0.717, 1.165) is 50.4 Å². The van der Waals surface area contributed by atoms with Gasteiger partial charge in [-0.25, -0.2) is 14.8 Å². The number of urea groups is 1. The predicted molar refractivity (Wildman–Crippen MR) is 82.7 cm³/mol. The van der Waals surface area contributed by atoms with Crippen LogP contribution in [0.3, 0.4) is 0 Å². The zero-order valence-corrected chi connectivity index (χ0v) is 12.3. The highest BCUT2D eigenvalue weighted by molar-refractivity contribution is 5.76. The Balaban J connectivity index is 1.56. The van der Waals surface area contributed by atoms with E-state index in [1.807, 2.05) is 17.0 Å². The molecule has 0 spiro atoms. The number of aromatic nitrogens is 3. The molecule has 7 nitrogen and oxygen atoms in total. The summed E-state index contributed by atoms with van der Waals surface area (Å²) in [4.78, 5) is 29.2. The van der Waals surface area contributed by atoms with Crippen LogP contribution in [0.4, 0.5) is 10.6 Å². The van der Waals surface area contributed by atoms with E-state index in [1.165, 1.54) is 0 Å². The Labute approximate surface area is 128 Å². The molecular weight excluding hydrogens is 280 g/mol. The number of carbonyl (C=O) groups excluding carboxylic acids is 1. The number of hydrogen-bond acceptors (Lipinski definition) is 5. The van der Waals surface area contributed by atoms with Crippen LogP contribution in [-0.2, 0) is 0 Å². The van der Waals surface area contributed by atoms with E-state index >= 15 is 0 Å². The molecule has 2 aliphatic heterocycles. The third kappa shape index (κ3) is 2.32. The van der Waals surface area contributed by atoms with Crippen molar-refractivity contribution in [3.63, 3.8) is 0 Å². The van der Waals surface area contributed by atoms with E-state index < -0.39 is 0 Å². The first kappa shape index (κ1) is 13.2. The number of nitrogens with one attached hydrogen (secondary N) is 1. The molecular formula is C15H18N6O. The van der Waals surface area contributed by atoms with Crippen molar-refractivity contribution in [2.24, 2.45) is 0 Å². The number of nitrogens with zero attached hydrogens (tertiary/aromatic N) is 5. The van der Waals surface area contributed by atoms with Gasteiger partial charge < -0.3 is 15.1 Å². The second-order valence-corrected chi connectivity index (χ2v) is 5.74. The van der Waals surface area contributed by atoms with Crippen LogP contribution in [-0.4, -0.2) is 58.1 Å². The van der Waals surface area contributed by atoms with Crippen molar-refractivity contribution in [2.45, 2.75) is 18.9 Å². The summed E-state index contributed by atoms with van der Waals surface area (Å²) in [5.41, 5.74) is 1.47. The molecule has 114 valence electrons. The Bertz CT molecular complexity index is 705. The van der Waals surface area contributed by atoms with Crippen LogP contribution in [0.25, 0.3) is 11.2 Å². The fraction of sp³-hybridized carbons (Fsp3) is 0.467. The second kappa shape index (κ2) is 5.40. The van der Waals surface area contributed by atoms with Crippen LogP contribution in [0.5, 0.6) is 0 Å². The Hall–Kier alpha value is -2.44. The molecule has 0 aliphatic carbocycles. The number of piperidine rings is 1. The highest BCUT2D eigenvalue weighted by Gasteiger charge is 2.31. The molecule has 0 bridgehead atoms. The minimum absolute atomic E-state index is 0.0594. The zero-order valence-electron chi connectivity index (χ0n) is 12.3. The second-order valence-electron chi connectivity index (χ2n) is 5.74. The van der Waals surface area contributed by atoms with Gasteiger partial charge in [-0.1, -0.05) is 0 Å². The van der Waals surface area contributed by atoms with Gasteiger partial charge >= 0.3 is 6.03 Å². The quantitative estimate of drug-likeness (QED) is 0.896. The number of amides is 2. The van der Waals surface area contributed by atoms with Crippen LogP contribution in [0, 0.1) is 0 Å². The predicted octanol–water partition coefficient (Wildman–Crippen LogP) is 1.02. The van der Waals surface area contributed by atoms with E-state index in [-0.39, 0.29) is 12.1 Å². The van der Waals surface area contributed by atoms with Crippen LogP contribution in [0.2, 0.25) is 0 Å². The largest absolute Gasteiger partial charge is 0.354 e. The average Bonchev–Trinajstić information content (AvgIpc) is 3.00. The maximum absolute atomic E-state index is 11.9. The van der Waals surface area contributed by atoms with E-state index in [1.54, 1.807) is 12.4 Å². The van der Waals surface area contributed by atoms with Crippen LogP contribution in [0.15, 0.2) is 24.5 Å². The number of pyridine rings is 1. The summed E-state index contributed by atoms with van der Waals surface area (Å²) in [6, 6.07) is 4.26. The third-order valence-corrected chi connectivity index (χ3v) is 4.37. The van der Waals surface area contributed by atoms with Gasteiger partial charge in [0, 0.05) is 38.6 Å². The number of carbonyl (C=O) groups is 1. The van der Waals surface area contributed by atoms with Gasteiger partial charge in [0.25, 0.3) is 0 Å². The summed E-state index contributed by atoms with van der Waals surface area (Å²) in [5.74, 6) is 0.914. The molecule has 2 amide bonds. The van der Waals surface area contributed by atoms with Crippen molar-refractivity contribution in [3.05, 3.63) is 24.5 Å². The van der Waals surface area contributed by atoms with Crippen molar-refractivity contribution in [2.75, 3.05) is 31.1 Å². The van der Waals surface area contributed by atoms with Crippen LogP contribution >= 0.6 is 0 Å². The first-order valence-corrected chi connectivity index (χ1v) is 7.68. The lowest BCUT2D eigenvalue weighted by Gasteiger charge is -2.37. The van der Waals surface area contributed by atoms with E-state index in [2.05, 4.69) is 25.2 Å². The molecule has 0 saturated carbocycles. The molecule has 4 rings (SSSR count). The highest BCUT2D eigenvalue weighted by Crippen LogP contribution is 2.23. The van der Waals surface area contributed by atoms with Crippen molar-refractivity contribution >= 4 is 23.0 Å². The van der Waals surface area contributed by atoms with Gasteiger partial charge in [0.1, 0.15) is 11.3 Å². The normalized spacial score (nSPS) is 22.2. The summed E-state index contributed by atoms with van der Waals surface area (Å²) in [5, 5.41) is 2.88. The fourth-order valence-corrected chi connectivity index (χ4v) is 3.27. The maximum Gasteiger partial charge on any atom is 0.317 e. The monoisotopic (exact) mass is 298 g/mol. The van der Waals surface area contributed by atoms with E-state index in [9.17, 15) is 4.79 Å². The Morgan fingerprint density at radius 1 is 1.18 bits per heavy atom. The van der Waals surface area contributed by atoms with Gasteiger partial charge in [0.05, 0.1) is 6.04 Å². The number of rotatable bonds is 2. The van der Waals surface area contributed by atoms with Crippen LogP contribution in [0.1, 0.15) is 12.8 Å². The molecule has 1 unspecified atom stereocenters. The Morgan fingerprint density at radius 2 is 2.09 bits per heavy atom. The SMILES string of the molecule is O=C1NCCN1C1CCCN(c2ccc3nccnc3n2)C1. The van der Waals surface area contributed by atoms with Crippen molar-refractivity contribution < 1.29 is 4.79 Å². The lowest BCUT2D eigenvalue weighted by atomic mass is 10.0. The number of anilines is 1. The fourth-order valence-electron chi connectivity index (χ4n) is 3.27. The molecule has 0 aromatic carbocycles. The smallest absolute Gasteiger partial charge is 0.317 e. The van der Waals surface area contributed by atoms with Gasteiger partial charge in [-0.2, -0.15) is 0 Å². The van der Waals surface area contributed by atoms with Crippen molar-refractivity contribution in [1.29, 1.82) is 0 Å². The first-order valence-electron chi connectivity index (χ1n) is 7.68. The van der Waals surface area contributed by atoms with Gasteiger partial charge in [0.15, 0.2) is 5.65 Å². The lowest BCUT2D eigenvalue weighted by Crippen LogP contribution is -2.49. The molecule has 2 fully saturated rings. The van der Waals surface area contributed by atoms with Crippen molar-refractivity contribution in [3.8, 4) is 0 Å². The maximum atomic E-state index is 11.9. The molecule has 0 radical (unpaired) electrons.